The molecule has 6 nitrogen and oxygen atoms in total. The molecule has 2 aliphatic heterocycles. The molecule has 0 aromatic rings. The number of rotatable bonds is 3. The Morgan fingerprint density at radius 3 is 2.56 bits per heavy atom. The second kappa shape index (κ2) is 5.99. The van der Waals surface area contributed by atoms with Crippen LogP contribution in [0, 0.1) is 0 Å². The lowest BCUT2D eigenvalue weighted by molar-refractivity contribution is -0.122. The summed E-state index contributed by atoms with van der Waals surface area (Å²) in [7, 11) is -3.51. The van der Waals surface area contributed by atoms with Gasteiger partial charge in [-0.3, -0.25) is 4.79 Å². The molecule has 2 heterocycles. The minimum absolute atomic E-state index is 0.201. The Morgan fingerprint density at radius 2 is 1.83 bits per heavy atom. The van der Waals surface area contributed by atoms with Crippen molar-refractivity contribution in [3.05, 3.63) is 0 Å². The van der Waals surface area contributed by atoms with Crippen LogP contribution in [0.3, 0.4) is 0 Å². The molecule has 0 radical (unpaired) electrons. The molecule has 1 atom stereocenters. The fraction of sp³-hybridized carbons (Fsp3) is 0.909. The van der Waals surface area contributed by atoms with Crippen molar-refractivity contribution in [2.75, 3.05) is 19.6 Å². The molecular weight excluding hydrogens is 254 g/mol. The van der Waals surface area contributed by atoms with Crippen molar-refractivity contribution in [1.82, 2.24) is 14.3 Å². The van der Waals surface area contributed by atoms with Crippen LogP contribution in [-0.4, -0.2) is 44.3 Å². The van der Waals surface area contributed by atoms with Gasteiger partial charge in [0.25, 0.3) is 10.2 Å². The van der Waals surface area contributed by atoms with Crippen LogP contribution in [-0.2, 0) is 15.0 Å². The zero-order chi connectivity index (χ0) is 13.0. The van der Waals surface area contributed by atoms with Gasteiger partial charge in [-0.2, -0.15) is 17.4 Å². The summed E-state index contributed by atoms with van der Waals surface area (Å²) in [6.45, 7) is 1.76. The molecule has 104 valence electrons. The van der Waals surface area contributed by atoms with Crippen molar-refractivity contribution >= 4 is 16.1 Å². The summed E-state index contributed by atoms with van der Waals surface area (Å²) in [6.07, 6.45) is 5.24. The molecule has 0 aromatic carbocycles. The van der Waals surface area contributed by atoms with Crippen molar-refractivity contribution in [2.45, 2.75) is 44.6 Å². The number of hydrogen-bond donors (Lipinski definition) is 2. The van der Waals surface area contributed by atoms with Gasteiger partial charge in [0, 0.05) is 19.6 Å². The molecule has 7 heteroatoms. The van der Waals surface area contributed by atoms with E-state index < -0.39 is 16.3 Å². The molecule has 1 unspecified atom stereocenters. The van der Waals surface area contributed by atoms with Crippen molar-refractivity contribution in [1.29, 1.82) is 0 Å². The number of carbonyl (C=O) groups is 1. The van der Waals surface area contributed by atoms with E-state index in [9.17, 15) is 13.2 Å². The normalized spacial score (nSPS) is 27.6. The Hall–Kier alpha value is -0.660. The summed E-state index contributed by atoms with van der Waals surface area (Å²) in [6, 6.07) is -0.612. The first kappa shape index (κ1) is 13.8. The van der Waals surface area contributed by atoms with E-state index in [-0.39, 0.29) is 5.91 Å². The smallest absolute Gasteiger partial charge is 0.280 e. The van der Waals surface area contributed by atoms with E-state index in [1.54, 1.807) is 0 Å². The maximum atomic E-state index is 12.1. The molecule has 2 saturated heterocycles. The SMILES string of the molecule is O=C1NCCCCC1NS(=O)(=O)N1CCCCC1. The van der Waals surface area contributed by atoms with E-state index in [0.717, 1.165) is 32.1 Å². The molecule has 2 N–H and O–H groups in total. The summed E-state index contributed by atoms with van der Waals surface area (Å²) >= 11 is 0. The zero-order valence-corrected chi connectivity index (χ0v) is 11.3. The molecule has 0 aromatic heterocycles. The molecule has 2 fully saturated rings. The number of nitrogens with one attached hydrogen (secondary N) is 2. The minimum Gasteiger partial charge on any atom is -0.355 e. The van der Waals surface area contributed by atoms with Gasteiger partial charge in [0.1, 0.15) is 6.04 Å². The van der Waals surface area contributed by atoms with E-state index in [2.05, 4.69) is 10.0 Å². The maximum Gasteiger partial charge on any atom is 0.280 e. The Labute approximate surface area is 108 Å². The monoisotopic (exact) mass is 275 g/mol. The van der Waals surface area contributed by atoms with Gasteiger partial charge in [-0.1, -0.05) is 6.42 Å². The molecule has 18 heavy (non-hydrogen) atoms. The second-order valence-electron chi connectivity index (χ2n) is 4.92. The molecule has 0 saturated carbocycles. The number of amides is 1. The first-order valence-corrected chi connectivity index (χ1v) is 8.09. The van der Waals surface area contributed by atoms with Crippen LogP contribution in [0.15, 0.2) is 0 Å². The van der Waals surface area contributed by atoms with E-state index in [1.807, 2.05) is 0 Å². The molecule has 2 rings (SSSR count). The summed E-state index contributed by atoms with van der Waals surface area (Å²) in [5, 5.41) is 2.74. The predicted molar refractivity (Wildman–Crippen MR) is 68.1 cm³/mol. The highest BCUT2D eigenvalue weighted by molar-refractivity contribution is 7.87. The third-order valence-electron chi connectivity index (χ3n) is 3.48. The molecule has 0 bridgehead atoms. The fourth-order valence-electron chi connectivity index (χ4n) is 2.41. The standard InChI is InChI=1S/C11H21N3O3S/c15-11-10(6-2-3-7-12-11)13-18(16,17)14-8-4-1-5-9-14/h10,13H,1-9H2,(H,12,15). The number of piperidine rings is 1. The highest BCUT2D eigenvalue weighted by Crippen LogP contribution is 2.14. The van der Waals surface area contributed by atoms with Crippen LogP contribution in [0.2, 0.25) is 0 Å². The number of nitrogens with zero attached hydrogens (tertiary/aromatic N) is 1. The quantitative estimate of drug-likeness (QED) is 0.759. The summed E-state index contributed by atoms with van der Waals surface area (Å²) in [5.74, 6) is -0.201. The Bertz CT molecular complexity index is 390. The van der Waals surface area contributed by atoms with Crippen molar-refractivity contribution < 1.29 is 13.2 Å². The Morgan fingerprint density at radius 1 is 1.11 bits per heavy atom. The molecular formula is C11H21N3O3S. The average Bonchev–Trinajstić information content (AvgIpc) is 2.56. The third-order valence-corrected chi connectivity index (χ3v) is 5.11. The van der Waals surface area contributed by atoms with Crippen molar-refractivity contribution in [3.8, 4) is 0 Å². The highest BCUT2D eigenvalue weighted by atomic mass is 32.2. The second-order valence-corrected chi connectivity index (χ2v) is 6.62. The van der Waals surface area contributed by atoms with Crippen molar-refractivity contribution in [2.24, 2.45) is 0 Å². The van der Waals surface area contributed by atoms with E-state index in [1.165, 1.54) is 4.31 Å². The van der Waals surface area contributed by atoms with Gasteiger partial charge in [-0.05, 0) is 32.1 Å². The van der Waals surface area contributed by atoms with Crippen LogP contribution < -0.4 is 10.0 Å². The molecule has 2 aliphatic rings. The Kier molecular flexibility index (Phi) is 4.58. The van der Waals surface area contributed by atoms with Crippen molar-refractivity contribution in [3.63, 3.8) is 0 Å². The fourth-order valence-corrected chi connectivity index (χ4v) is 3.88. The van der Waals surface area contributed by atoms with Crippen LogP contribution in [0.4, 0.5) is 0 Å². The topological polar surface area (TPSA) is 78.5 Å². The van der Waals surface area contributed by atoms with Crippen LogP contribution in [0.1, 0.15) is 38.5 Å². The van der Waals surface area contributed by atoms with Gasteiger partial charge < -0.3 is 5.32 Å². The lowest BCUT2D eigenvalue weighted by Gasteiger charge is -2.27. The zero-order valence-electron chi connectivity index (χ0n) is 10.5. The van der Waals surface area contributed by atoms with Crippen LogP contribution in [0.5, 0.6) is 0 Å². The first-order valence-electron chi connectivity index (χ1n) is 6.65. The van der Waals surface area contributed by atoms with Gasteiger partial charge in [0.05, 0.1) is 0 Å². The highest BCUT2D eigenvalue weighted by Gasteiger charge is 2.30. The molecule has 1 amide bonds. The van der Waals surface area contributed by atoms with Crippen LogP contribution in [0.25, 0.3) is 0 Å². The third kappa shape index (κ3) is 3.43. The van der Waals surface area contributed by atoms with E-state index >= 15 is 0 Å². The lowest BCUT2D eigenvalue weighted by atomic mass is 10.1. The summed E-state index contributed by atoms with van der Waals surface area (Å²) in [4.78, 5) is 11.7. The van der Waals surface area contributed by atoms with Gasteiger partial charge in [-0.15, -0.1) is 0 Å². The van der Waals surface area contributed by atoms with Gasteiger partial charge in [-0.25, -0.2) is 0 Å². The summed E-state index contributed by atoms with van der Waals surface area (Å²) in [5.41, 5.74) is 0. The maximum absolute atomic E-state index is 12.1. The predicted octanol–water partition coefficient (Wildman–Crippen LogP) is -0.0246. The van der Waals surface area contributed by atoms with Gasteiger partial charge >= 0.3 is 0 Å². The number of carbonyl (C=O) groups excluding carboxylic acids is 1. The van der Waals surface area contributed by atoms with E-state index in [4.69, 9.17) is 0 Å². The minimum atomic E-state index is -3.51. The Balaban J connectivity index is 1.99. The largest absolute Gasteiger partial charge is 0.355 e. The van der Waals surface area contributed by atoms with Gasteiger partial charge in [0.15, 0.2) is 0 Å². The molecule has 0 spiro atoms. The number of hydrogen-bond acceptors (Lipinski definition) is 3. The van der Waals surface area contributed by atoms with Gasteiger partial charge in [0.2, 0.25) is 5.91 Å². The van der Waals surface area contributed by atoms with Crippen LogP contribution >= 0.6 is 0 Å². The lowest BCUT2D eigenvalue weighted by Crippen LogP contribution is -2.51. The van der Waals surface area contributed by atoms with E-state index in [0.29, 0.717) is 26.1 Å². The molecule has 0 aliphatic carbocycles. The summed E-state index contributed by atoms with van der Waals surface area (Å²) < 4.78 is 28.3. The first-order chi connectivity index (χ1) is 8.59. The average molecular weight is 275 g/mol.